The number of halogens is 1. The van der Waals surface area contributed by atoms with E-state index in [1.165, 1.54) is 5.56 Å². The summed E-state index contributed by atoms with van der Waals surface area (Å²) in [6.07, 6.45) is 10.3. The molecule has 0 saturated carbocycles. The molecule has 2 aromatic rings. The van der Waals surface area contributed by atoms with Gasteiger partial charge in [0, 0.05) is 30.8 Å². The molecule has 106 valence electrons. The third kappa shape index (κ3) is 4.58. The van der Waals surface area contributed by atoms with Crippen molar-refractivity contribution in [2.24, 2.45) is 0 Å². The van der Waals surface area contributed by atoms with Crippen molar-refractivity contribution in [1.29, 1.82) is 0 Å². The number of hydrogen-bond donors (Lipinski definition) is 1. The summed E-state index contributed by atoms with van der Waals surface area (Å²) in [4.78, 5) is 8.08. The molecule has 0 aliphatic rings. The smallest absolute Gasteiger partial charge is 0.0621 e. The first kappa shape index (κ1) is 14.9. The van der Waals surface area contributed by atoms with Crippen LogP contribution in [0, 0.1) is 0 Å². The Hall–Kier alpha value is -1.45. The summed E-state index contributed by atoms with van der Waals surface area (Å²) in [7, 11) is 0. The van der Waals surface area contributed by atoms with Crippen LogP contribution in [-0.4, -0.2) is 22.6 Å². The highest BCUT2D eigenvalue weighted by molar-refractivity contribution is 6.31. The van der Waals surface area contributed by atoms with E-state index in [0.29, 0.717) is 6.04 Å². The molecule has 0 aromatic carbocycles. The van der Waals surface area contributed by atoms with Crippen LogP contribution in [0.2, 0.25) is 5.02 Å². The first-order valence-corrected chi connectivity index (χ1v) is 7.38. The molecule has 0 bridgehead atoms. The third-order valence-electron chi connectivity index (χ3n) is 3.35. The number of pyridine rings is 2. The van der Waals surface area contributed by atoms with E-state index in [1.54, 1.807) is 12.4 Å². The van der Waals surface area contributed by atoms with Crippen LogP contribution in [0.1, 0.15) is 24.5 Å². The summed E-state index contributed by atoms with van der Waals surface area (Å²) in [5, 5.41) is 4.28. The van der Waals surface area contributed by atoms with Crippen molar-refractivity contribution in [2.45, 2.75) is 32.2 Å². The van der Waals surface area contributed by atoms with Crippen LogP contribution >= 0.6 is 11.6 Å². The van der Waals surface area contributed by atoms with Gasteiger partial charge in [0.05, 0.1) is 5.02 Å². The minimum atomic E-state index is 0.424. The molecule has 20 heavy (non-hydrogen) atoms. The monoisotopic (exact) mass is 289 g/mol. The van der Waals surface area contributed by atoms with Gasteiger partial charge in [-0.05, 0) is 55.1 Å². The van der Waals surface area contributed by atoms with E-state index in [4.69, 9.17) is 11.6 Å². The van der Waals surface area contributed by atoms with Gasteiger partial charge in [-0.25, -0.2) is 0 Å². The standard InChI is InChI=1S/C16H20ClN3/c1-2-20-15(4-3-13-5-8-18-9-6-13)11-14-7-10-19-12-16(14)17/h5-10,12,15,20H,2-4,11H2,1H3. The van der Waals surface area contributed by atoms with E-state index in [2.05, 4.69) is 34.3 Å². The summed E-state index contributed by atoms with van der Waals surface area (Å²) >= 11 is 6.19. The number of rotatable bonds is 7. The molecular weight excluding hydrogens is 270 g/mol. The topological polar surface area (TPSA) is 37.8 Å². The Morgan fingerprint density at radius 3 is 2.60 bits per heavy atom. The van der Waals surface area contributed by atoms with Gasteiger partial charge in [0.25, 0.3) is 0 Å². The number of likely N-dealkylation sites (N-methyl/N-ethyl adjacent to an activating group) is 1. The van der Waals surface area contributed by atoms with Gasteiger partial charge < -0.3 is 5.32 Å². The lowest BCUT2D eigenvalue weighted by Gasteiger charge is -2.18. The van der Waals surface area contributed by atoms with Crippen LogP contribution in [0.25, 0.3) is 0 Å². The highest BCUT2D eigenvalue weighted by Crippen LogP contribution is 2.17. The SMILES string of the molecule is CCNC(CCc1ccncc1)Cc1ccncc1Cl. The number of nitrogens with one attached hydrogen (secondary N) is 1. The molecule has 0 amide bonds. The van der Waals surface area contributed by atoms with Crippen molar-refractivity contribution < 1.29 is 0 Å². The molecule has 0 fully saturated rings. The Labute approximate surface area is 125 Å². The fourth-order valence-electron chi connectivity index (χ4n) is 2.29. The Balaban J connectivity index is 1.95. The predicted molar refractivity (Wildman–Crippen MR) is 83.0 cm³/mol. The van der Waals surface area contributed by atoms with Gasteiger partial charge in [0.1, 0.15) is 0 Å². The lowest BCUT2D eigenvalue weighted by atomic mass is 10.00. The molecule has 2 rings (SSSR count). The molecule has 0 saturated heterocycles. The maximum absolute atomic E-state index is 6.19. The molecule has 2 aromatic heterocycles. The van der Waals surface area contributed by atoms with E-state index in [0.717, 1.165) is 36.4 Å². The van der Waals surface area contributed by atoms with E-state index in [-0.39, 0.29) is 0 Å². The molecular formula is C16H20ClN3. The zero-order chi connectivity index (χ0) is 14.2. The normalized spacial score (nSPS) is 12.3. The lowest BCUT2D eigenvalue weighted by Crippen LogP contribution is -2.31. The van der Waals surface area contributed by atoms with Crippen LogP contribution in [0.4, 0.5) is 0 Å². The van der Waals surface area contributed by atoms with Gasteiger partial charge in [-0.2, -0.15) is 0 Å². The summed E-state index contributed by atoms with van der Waals surface area (Å²) in [6.45, 7) is 3.09. The maximum atomic E-state index is 6.19. The number of hydrogen-bond acceptors (Lipinski definition) is 3. The Bertz CT molecular complexity index is 516. The Morgan fingerprint density at radius 1 is 1.15 bits per heavy atom. The molecule has 4 heteroatoms. The highest BCUT2D eigenvalue weighted by atomic mass is 35.5. The van der Waals surface area contributed by atoms with E-state index in [9.17, 15) is 0 Å². The van der Waals surface area contributed by atoms with Crippen LogP contribution in [0.5, 0.6) is 0 Å². The average molecular weight is 290 g/mol. The molecule has 3 nitrogen and oxygen atoms in total. The van der Waals surface area contributed by atoms with E-state index in [1.807, 2.05) is 18.5 Å². The van der Waals surface area contributed by atoms with E-state index < -0.39 is 0 Å². The second-order valence-electron chi connectivity index (χ2n) is 4.82. The van der Waals surface area contributed by atoms with Crippen molar-refractivity contribution >= 4 is 11.6 Å². The van der Waals surface area contributed by atoms with Gasteiger partial charge in [-0.1, -0.05) is 18.5 Å². The maximum Gasteiger partial charge on any atom is 0.0621 e. The molecule has 1 N–H and O–H groups in total. The van der Waals surface area contributed by atoms with Crippen LogP contribution < -0.4 is 5.32 Å². The molecule has 1 atom stereocenters. The Morgan fingerprint density at radius 2 is 1.90 bits per heavy atom. The number of aromatic nitrogens is 2. The number of aryl methyl sites for hydroxylation is 1. The average Bonchev–Trinajstić information content (AvgIpc) is 2.48. The van der Waals surface area contributed by atoms with Gasteiger partial charge in [-0.15, -0.1) is 0 Å². The van der Waals surface area contributed by atoms with Crippen molar-refractivity contribution in [3.05, 3.63) is 59.1 Å². The van der Waals surface area contributed by atoms with Crippen molar-refractivity contribution in [1.82, 2.24) is 15.3 Å². The highest BCUT2D eigenvalue weighted by Gasteiger charge is 2.11. The Kier molecular flexibility index (Phi) is 5.96. The molecule has 0 radical (unpaired) electrons. The van der Waals surface area contributed by atoms with Crippen LogP contribution in [0.15, 0.2) is 43.0 Å². The summed E-state index contributed by atoms with van der Waals surface area (Å²) in [6, 6.07) is 6.57. The van der Waals surface area contributed by atoms with Crippen molar-refractivity contribution in [3.63, 3.8) is 0 Å². The second kappa shape index (κ2) is 7.98. The predicted octanol–water partition coefficient (Wildman–Crippen LogP) is 3.28. The van der Waals surface area contributed by atoms with Gasteiger partial charge >= 0.3 is 0 Å². The van der Waals surface area contributed by atoms with Gasteiger partial charge in [0.2, 0.25) is 0 Å². The largest absolute Gasteiger partial charge is 0.314 e. The molecule has 0 aliphatic heterocycles. The fourth-order valence-corrected chi connectivity index (χ4v) is 2.49. The van der Waals surface area contributed by atoms with E-state index >= 15 is 0 Å². The molecule has 2 heterocycles. The van der Waals surface area contributed by atoms with Gasteiger partial charge in [0.15, 0.2) is 0 Å². The molecule has 0 aliphatic carbocycles. The third-order valence-corrected chi connectivity index (χ3v) is 3.69. The van der Waals surface area contributed by atoms with Crippen molar-refractivity contribution in [3.8, 4) is 0 Å². The lowest BCUT2D eigenvalue weighted by molar-refractivity contribution is 0.491. The fraction of sp³-hybridized carbons (Fsp3) is 0.375. The summed E-state index contributed by atoms with van der Waals surface area (Å²) in [5.74, 6) is 0. The zero-order valence-corrected chi connectivity index (χ0v) is 12.5. The van der Waals surface area contributed by atoms with Gasteiger partial charge in [-0.3, -0.25) is 9.97 Å². The molecule has 1 unspecified atom stereocenters. The first-order valence-electron chi connectivity index (χ1n) is 7.00. The zero-order valence-electron chi connectivity index (χ0n) is 11.7. The second-order valence-corrected chi connectivity index (χ2v) is 5.23. The minimum absolute atomic E-state index is 0.424. The van der Waals surface area contributed by atoms with Crippen molar-refractivity contribution in [2.75, 3.05) is 6.54 Å². The molecule has 0 spiro atoms. The summed E-state index contributed by atoms with van der Waals surface area (Å²) < 4.78 is 0. The van der Waals surface area contributed by atoms with Crippen LogP contribution in [0.3, 0.4) is 0 Å². The summed E-state index contributed by atoms with van der Waals surface area (Å²) in [5.41, 5.74) is 2.48. The first-order chi connectivity index (χ1) is 9.79. The quantitative estimate of drug-likeness (QED) is 0.850. The number of nitrogens with zero attached hydrogens (tertiary/aromatic N) is 2. The van der Waals surface area contributed by atoms with Crippen LogP contribution in [-0.2, 0) is 12.8 Å². The minimum Gasteiger partial charge on any atom is -0.314 e.